The van der Waals surface area contributed by atoms with Crippen LogP contribution in [0.5, 0.6) is 0 Å². The van der Waals surface area contributed by atoms with Gasteiger partial charge in [0.2, 0.25) is 3.79 Å². The minimum atomic E-state index is -1.86. The van der Waals surface area contributed by atoms with Crippen LogP contribution in [0.25, 0.3) is 0 Å². The lowest BCUT2D eigenvalue weighted by molar-refractivity contribution is 0.0689. The number of aromatic carboxylic acids is 1. The summed E-state index contributed by atoms with van der Waals surface area (Å²) >= 11 is 17.1. The number of rotatable bonds is 3. The monoisotopic (exact) mass is 285 g/mol. The molecular weight excluding hydrogens is 276 g/mol. The molecule has 8 heteroatoms. The largest absolute Gasteiger partial charge is 0.476 e. The lowest BCUT2D eigenvalue weighted by Crippen LogP contribution is -2.18. The first-order valence-electron chi connectivity index (χ1n) is 4.47. The van der Waals surface area contributed by atoms with E-state index in [1.807, 2.05) is 13.8 Å². The van der Waals surface area contributed by atoms with E-state index in [1.54, 1.807) is 0 Å². The van der Waals surface area contributed by atoms with Crippen molar-refractivity contribution in [3.63, 3.8) is 0 Å². The van der Waals surface area contributed by atoms with E-state index >= 15 is 0 Å². The molecule has 0 fully saturated rings. The Labute approximate surface area is 107 Å². The van der Waals surface area contributed by atoms with Gasteiger partial charge >= 0.3 is 5.97 Å². The van der Waals surface area contributed by atoms with Crippen molar-refractivity contribution in [3.05, 3.63) is 11.4 Å². The van der Waals surface area contributed by atoms with Gasteiger partial charge in [0, 0.05) is 6.54 Å². The highest BCUT2D eigenvalue weighted by Gasteiger charge is 2.35. The topological polar surface area (TPSA) is 68.0 Å². The summed E-state index contributed by atoms with van der Waals surface area (Å²) in [6, 6.07) is 0. The van der Waals surface area contributed by atoms with Crippen LogP contribution in [0.3, 0.4) is 0 Å². The maximum Gasteiger partial charge on any atom is 0.358 e. The van der Waals surface area contributed by atoms with Gasteiger partial charge < -0.3 is 5.11 Å². The number of carbonyl (C=O) groups is 1. The summed E-state index contributed by atoms with van der Waals surface area (Å²) in [5, 5.41) is 16.1. The molecule has 16 heavy (non-hydrogen) atoms. The summed E-state index contributed by atoms with van der Waals surface area (Å²) in [5.41, 5.74) is -0.348. The summed E-state index contributed by atoms with van der Waals surface area (Å²) in [6.45, 7) is 4.30. The molecule has 1 aromatic heterocycles. The number of aromatic nitrogens is 3. The predicted octanol–water partition coefficient (Wildman–Crippen LogP) is 2.46. The van der Waals surface area contributed by atoms with Crippen LogP contribution in [0.4, 0.5) is 0 Å². The van der Waals surface area contributed by atoms with Gasteiger partial charge in [-0.15, -0.1) is 5.10 Å². The van der Waals surface area contributed by atoms with E-state index < -0.39 is 9.76 Å². The molecule has 0 amide bonds. The Morgan fingerprint density at radius 3 is 2.44 bits per heavy atom. The molecule has 0 aliphatic carbocycles. The van der Waals surface area contributed by atoms with Gasteiger partial charge in [-0.25, -0.2) is 9.48 Å². The van der Waals surface area contributed by atoms with Crippen LogP contribution in [-0.2, 0) is 10.3 Å². The fourth-order valence-electron chi connectivity index (χ4n) is 1.21. The van der Waals surface area contributed by atoms with Crippen LogP contribution in [0.2, 0.25) is 0 Å². The van der Waals surface area contributed by atoms with Gasteiger partial charge in [-0.3, -0.25) is 0 Å². The third-order valence-electron chi connectivity index (χ3n) is 1.74. The molecule has 0 radical (unpaired) electrons. The number of nitrogens with zero attached hydrogens (tertiary/aromatic N) is 3. The Morgan fingerprint density at radius 2 is 2.06 bits per heavy atom. The van der Waals surface area contributed by atoms with Gasteiger partial charge in [0.25, 0.3) is 0 Å². The summed E-state index contributed by atoms with van der Waals surface area (Å²) in [7, 11) is 0. The van der Waals surface area contributed by atoms with Crippen LogP contribution < -0.4 is 0 Å². The molecule has 1 N–H and O–H groups in total. The van der Waals surface area contributed by atoms with Crippen molar-refractivity contribution in [2.45, 2.75) is 24.2 Å². The molecule has 1 rings (SSSR count). The maximum absolute atomic E-state index is 10.9. The molecule has 0 saturated heterocycles. The fourth-order valence-corrected chi connectivity index (χ4v) is 1.77. The van der Waals surface area contributed by atoms with Crippen molar-refractivity contribution in [2.75, 3.05) is 0 Å². The Hall–Kier alpha value is -0.520. The molecular formula is C8H10Cl3N3O2. The summed E-state index contributed by atoms with van der Waals surface area (Å²) in [4.78, 5) is 10.9. The molecule has 5 nitrogen and oxygen atoms in total. The molecule has 1 aromatic rings. The highest BCUT2D eigenvalue weighted by molar-refractivity contribution is 6.66. The van der Waals surface area contributed by atoms with E-state index in [0.29, 0.717) is 6.54 Å². The van der Waals surface area contributed by atoms with Crippen molar-refractivity contribution < 1.29 is 9.90 Å². The number of carboxylic acids is 1. The number of hydrogen-bond donors (Lipinski definition) is 1. The standard InChI is InChI=1S/C8H10Cl3N3O2/c1-4(2)3-14-6(8(9,10)11)5(7(15)16)12-13-14/h4H,3H2,1-2H3,(H,15,16). The fraction of sp³-hybridized carbons (Fsp3) is 0.625. The number of carboxylic acid groups (broad SMARTS) is 1. The first-order valence-corrected chi connectivity index (χ1v) is 5.60. The summed E-state index contributed by atoms with van der Waals surface area (Å²) in [5.74, 6) is -1.04. The van der Waals surface area contributed by atoms with E-state index in [9.17, 15) is 4.79 Å². The lowest BCUT2D eigenvalue weighted by atomic mass is 10.2. The van der Waals surface area contributed by atoms with Crippen LogP contribution in [0.1, 0.15) is 30.0 Å². The van der Waals surface area contributed by atoms with Crippen LogP contribution >= 0.6 is 34.8 Å². The molecule has 0 aliphatic rings. The Balaban J connectivity index is 3.25. The lowest BCUT2D eigenvalue weighted by Gasteiger charge is -2.14. The molecule has 0 aromatic carbocycles. The first-order chi connectivity index (χ1) is 7.23. The molecule has 0 atom stereocenters. The average Bonchev–Trinajstić information content (AvgIpc) is 2.45. The molecule has 0 bridgehead atoms. The van der Waals surface area contributed by atoms with Crippen molar-refractivity contribution in [1.82, 2.24) is 15.0 Å². The molecule has 1 heterocycles. The van der Waals surface area contributed by atoms with Gasteiger partial charge in [-0.05, 0) is 5.92 Å². The third kappa shape index (κ3) is 2.99. The Bertz CT molecular complexity index is 398. The van der Waals surface area contributed by atoms with Gasteiger partial charge in [0.1, 0.15) is 5.69 Å². The van der Waals surface area contributed by atoms with Crippen molar-refractivity contribution >= 4 is 40.8 Å². The van der Waals surface area contributed by atoms with E-state index in [0.717, 1.165) is 0 Å². The molecule has 90 valence electrons. The van der Waals surface area contributed by atoms with Crippen molar-refractivity contribution in [3.8, 4) is 0 Å². The van der Waals surface area contributed by atoms with Gasteiger partial charge in [-0.2, -0.15) is 0 Å². The third-order valence-corrected chi connectivity index (χ3v) is 2.28. The summed E-state index contributed by atoms with van der Waals surface area (Å²) < 4.78 is -0.548. The van der Waals surface area contributed by atoms with E-state index in [-0.39, 0.29) is 17.3 Å². The second-order valence-electron chi connectivity index (χ2n) is 3.67. The van der Waals surface area contributed by atoms with Gasteiger partial charge in [0.05, 0.1) is 0 Å². The normalized spacial score (nSPS) is 12.1. The predicted molar refractivity (Wildman–Crippen MR) is 61.1 cm³/mol. The zero-order valence-electron chi connectivity index (χ0n) is 8.62. The zero-order valence-corrected chi connectivity index (χ0v) is 10.9. The molecule has 0 aliphatic heterocycles. The van der Waals surface area contributed by atoms with E-state index in [1.165, 1.54) is 4.68 Å². The van der Waals surface area contributed by atoms with E-state index in [2.05, 4.69) is 10.3 Å². The van der Waals surface area contributed by atoms with Crippen molar-refractivity contribution in [2.24, 2.45) is 5.92 Å². The quantitative estimate of drug-likeness (QED) is 0.867. The van der Waals surface area contributed by atoms with Crippen molar-refractivity contribution in [1.29, 1.82) is 0 Å². The van der Waals surface area contributed by atoms with E-state index in [4.69, 9.17) is 39.9 Å². The average molecular weight is 287 g/mol. The number of alkyl halides is 3. The Morgan fingerprint density at radius 1 is 1.50 bits per heavy atom. The first kappa shape index (κ1) is 13.5. The highest BCUT2D eigenvalue weighted by Crippen LogP contribution is 2.39. The Kier molecular flexibility index (Phi) is 4.04. The number of hydrogen-bond acceptors (Lipinski definition) is 3. The van der Waals surface area contributed by atoms with Crippen LogP contribution in [0.15, 0.2) is 0 Å². The highest BCUT2D eigenvalue weighted by atomic mass is 35.6. The summed E-state index contributed by atoms with van der Waals surface area (Å²) in [6.07, 6.45) is 0. The van der Waals surface area contributed by atoms with Crippen LogP contribution in [-0.4, -0.2) is 26.1 Å². The van der Waals surface area contributed by atoms with Gasteiger partial charge in [-0.1, -0.05) is 53.9 Å². The van der Waals surface area contributed by atoms with Crippen LogP contribution in [0, 0.1) is 5.92 Å². The molecule has 0 saturated carbocycles. The second-order valence-corrected chi connectivity index (χ2v) is 5.95. The SMILES string of the molecule is CC(C)Cn1nnc(C(=O)O)c1C(Cl)(Cl)Cl. The molecule has 0 unspecified atom stereocenters. The minimum Gasteiger partial charge on any atom is -0.476 e. The smallest absolute Gasteiger partial charge is 0.358 e. The zero-order chi connectivity index (χ0) is 12.5. The van der Waals surface area contributed by atoms with Gasteiger partial charge in [0.15, 0.2) is 5.69 Å². The maximum atomic E-state index is 10.9. The second kappa shape index (κ2) is 4.77. The minimum absolute atomic E-state index is 0.0151. The number of halogens is 3. The molecule has 0 spiro atoms.